The summed E-state index contributed by atoms with van der Waals surface area (Å²) in [6.07, 6.45) is 10.4. The number of hydrogen-bond donors (Lipinski definition) is 0. The van der Waals surface area contributed by atoms with Crippen molar-refractivity contribution in [1.29, 1.82) is 0 Å². The summed E-state index contributed by atoms with van der Waals surface area (Å²) in [5, 5.41) is 0. The molecule has 1 nitrogen and oxygen atoms in total. The lowest BCUT2D eigenvalue weighted by Gasteiger charge is -2.42. The van der Waals surface area contributed by atoms with Gasteiger partial charge in [-0.15, -0.1) is 0 Å². The number of unbranched alkanes of at least 4 members (excludes halogenated alkanes) is 1. The zero-order valence-electron chi connectivity index (χ0n) is 16.4. The van der Waals surface area contributed by atoms with Gasteiger partial charge in [0.1, 0.15) is 5.75 Å². The molecule has 0 aliphatic heterocycles. The van der Waals surface area contributed by atoms with E-state index in [4.69, 9.17) is 4.74 Å². The predicted molar refractivity (Wildman–Crippen MR) is 103 cm³/mol. The molecule has 0 aliphatic carbocycles. The van der Waals surface area contributed by atoms with Gasteiger partial charge in [-0.3, -0.25) is 0 Å². The number of aryl methyl sites for hydroxylation is 1. The van der Waals surface area contributed by atoms with E-state index in [1.54, 1.807) is 0 Å². The standard InChI is InChI=1S/C22H38O/c1-7-11-16-22(14-8-2,15-9-3)20(10-4)19-13-12-18(5)17-21(19)23-6/h12-13,17,20H,7-11,14-16H2,1-6H3. The van der Waals surface area contributed by atoms with Gasteiger partial charge < -0.3 is 4.74 Å². The van der Waals surface area contributed by atoms with Crippen LogP contribution in [0, 0.1) is 12.3 Å². The Morgan fingerprint density at radius 2 is 1.61 bits per heavy atom. The van der Waals surface area contributed by atoms with Crippen molar-refractivity contribution in [2.75, 3.05) is 7.11 Å². The normalized spacial score (nSPS) is 13.1. The first-order chi connectivity index (χ1) is 11.1. The summed E-state index contributed by atoms with van der Waals surface area (Å²) < 4.78 is 5.76. The Morgan fingerprint density at radius 3 is 2.09 bits per heavy atom. The molecule has 0 radical (unpaired) electrons. The minimum atomic E-state index is 0.427. The molecular formula is C22H38O. The summed E-state index contributed by atoms with van der Waals surface area (Å²) in [5.74, 6) is 1.69. The molecule has 1 atom stereocenters. The lowest BCUT2D eigenvalue weighted by Crippen LogP contribution is -2.29. The number of rotatable bonds is 11. The predicted octanol–water partition coefficient (Wildman–Crippen LogP) is 7.27. The van der Waals surface area contributed by atoms with Crippen molar-refractivity contribution in [3.8, 4) is 5.75 Å². The van der Waals surface area contributed by atoms with Crippen LogP contribution in [0.15, 0.2) is 18.2 Å². The SMILES string of the molecule is CCCCC(CCC)(CCC)C(CC)c1ccc(C)cc1OC. The number of ether oxygens (including phenoxy) is 1. The van der Waals surface area contributed by atoms with Crippen LogP contribution in [0.5, 0.6) is 5.75 Å². The molecule has 0 spiro atoms. The van der Waals surface area contributed by atoms with Gasteiger partial charge in [0, 0.05) is 0 Å². The van der Waals surface area contributed by atoms with Crippen LogP contribution in [0.2, 0.25) is 0 Å². The van der Waals surface area contributed by atoms with E-state index >= 15 is 0 Å². The summed E-state index contributed by atoms with van der Waals surface area (Å²) in [4.78, 5) is 0. The zero-order valence-corrected chi connectivity index (χ0v) is 16.4. The maximum absolute atomic E-state index is 5.76. The fourth-order valence-corrected chi connectivity index (χ4v) is 4.51. The highest BCUT2D eigenvalue weighted by atomic mass is 16.5. The van der Waals surface area contributed by atoms with Gasteiger partial charge in [-0.25, -0.2) is 0 Å². The fourth-order valence-electron chi connectivity index (χ4n) is 4.51. The molecule has 0 aromatic heterocycles. The molecular weight excluding hydrogens is 280 g/mol. The highest BCUT2D eigenvalue weighted by Crippen LogP contribution is 2.51. The number of methoxy groups -OCH3 is 1. The van der Waals surface area contributed by atoms with E-state index in [0.717, 1.165) is 5.75 Å². The molecule has 1 heteroatoms. The quantitative estimate of drug-likeness (QED) is 0.416. The molecule has 0 bridgehead atoms. The van der Waals surface area contributed by atoms with E-state index in [0.29, 0.717) is 11.3 Å². The van der Waals surface area contributed by atoms with Crippen molar-refractivity contribution in [3.05, 3.63) is 29.3 Å². The minimum Gasteiger partial charge on any atom is -0.496 e. The summed E-state index contributed by atoms with van der Waals surface area (Å²) >= 11 is 0. The molecule has 1 unspecified atom stereocenters. The molecule has 0 aliphatic rings. The van der Waals surface area contributed by atoms with E-state index in [2.05, 4.69) is 52.8 Å². The first kappa shape index (κ1) is 20.1. The summed E-state index contributed by atoms with van der Waals surface area (Å²) in [6.45, 7) is 11.5. The maximum atomic E-state index is 5.76. The second-order valence-electron chi connectivity index (χ2n) is 7.17. The molecule has 23 heavy (non-hydrogen) atoms. The minimum absolute atomic E-state index is 0.427. The second kappa shape index (κ2) is 10.0. The van der Waals surface area contributed by atoms with Gasteiger partial charge in [0.15, 0.2) is 0 Å². The Balaban J connectivity index is 3.32. The van der Waals surface area contributed by atoms with Crippen molar-refractivity contribution < 1.29 is 4.74 Å². The first-order valence-corrected chi connectivity index (χ1v) is 9.73. The Kier molecular flexibility index (Phi) is 8.73. The first-order valence-electron chi connectivity index (χ1n) is 9.73. The topological polar surface area (TPSA) is 9.23 Å². The third kappa shape index (κ3) is 4.99. The zero-order chi connectivity index (χ0) is 17.3. The third-order valence-electron chi connectivity index (χ3n) is 5.44. The van der Waals surface area contributed by atoms with Crippen molar-refractivity contribution in [2.45, 2.75) is 91.9 Å². The second-order valence-corrected chi connectivity index (χ2v) is 7.17. The Hall–Kier alpha value is -0.980. The highest BCUT2D eigenvalue weighted by molar-refractivity contribution is 5.40. The molecule has 1 aromatic rings. The van der Waals surface area contributed by atoms with Crippen molar-refractivity contribution in [2.24, 2.45) is 5.41 Å². The van der Waals surface area contributed by atoms with Gasteiger partial charge in [-0.1, -0.05) is 65.5 Å². The largest absolute Gasteiger partial charge is 0.496 e. The molecule has 0 N–H and O–H groups in total. The van der Waals surface area contributed by atoms with Crippen LogP contribution in [0.4, 0.5) is 0 Å². The Labute approximate surface area is 144 Å². The van der Waals surface area contributed by atoms with Crippen LogP contribution in [0.1, 0.15) is 96.1 Å². The molecule has 0 saturated carbocycles. The van der Waals surface area contributed by atoms with Gasteiger partial charge >= 0.3 is 0 Å². The number of hydrogen-bond acceptors (Lipinski definition) is 1. The van der Waals surface area contributed by atoms with Crippen LogP contribution in [0.25, 0.3) is 0 Å². The molecule has 132 valence electrons. The molecule has 0 fully saturated rings. The summed E-state index contributed by atoms with van der Waals surface area (Å²) in [6, 6.07) is 6.79. The molecule has 1 aromatic carbocycles. The van der Waals surface area contributed by atoms with Crippen LogP contribution in [-0.2, 0) is 0 Å². The Bertz CT molecular complexity index is 443. The number of benzene rings is 1. The van der Waals surface area contributed by atoms with Crippen molar-refractivity contribution in [3.63, 3.8) is 0 Å². The van der Waals surface area contributed by atoms with Gasteiger partial charge in [0.2, 0.25) is 0 Å². The van der Waals surface area contributed by atoms with E-state index in [1.807, 2.05) is 7.11 Å². The maximum Gasteiger partial charge on any atom is 0.122 e. The highest BCUT2D eigenvalue weighted by Gasteiger charge is 2.37. The fraction of sp³-hybridized carbons (Fsp3) is 0.727. The van der Waals surface area contributed by atoms with Crippen molar-refractivity contribution >= 4 is 0 Å². The smallest absolute Gasteiger partial charge is 0.122 e. The average molecular weight is 319 g/mol. The van der Waals surface area contributed by atoms with E-state index in [-0.39, 0.29) is 0 Å². The van der Waals surface area contributed by atoms with Crippen LogP contribution in [0.3, 0.4) is 0 Å². The lowest BCUT2D eigenvalue weighted by molar-refractivity contribution is 0.150. The van der Waals surface area contributed by atoms with E-state index in [1.165, 1.54) is 62.5 Å². The Morgan fingerprint density at radius 1 is 0.957 bits per heavy atom. The lowest BCUT2D eigenvalue weighted by atomic mass is 9.63. The van der Waals surface area contributed by atoms with Crippen LogP contribution < -0.4 is 4.74 Å². The van der Waals surface area contributed by atoms with Gasteiger partial charge in [0.05, 0.1) is 7.11 Å². The third-order valence-corrected chi connectivity index (χ3v) is 5.44. The van der Waals surface area contributed by atoms with Crippen LogP contribution >= 0.6 is 0 Å². The van der Waals surface area contributed by atoms with Gasteiger partial charge in [-0.2, -0.15) is 0 Å². The molecule has 1 rings (SSSR count). The molecule has 0 heterocycles. The summed E-state index contributed by atoms with van der Waals surface area (Å²) in [7, 11) is 1.82. The van der Waals surface area contributed by atoms with Crippen LogP contribution in [-0.4, -0.2) is 7.11 Å². The monoisotopic (exact) mass is 318 g/mol. The average Bonchev–Trinajstić information content (AvgIpc) is 2.55. The molecule has 0 saturated heterocycles. The summed E-state index contributed by atoms with van der Waals surface area (Å²) in [5.41, 5.74) is 3.14. The van der Waals surface area contributed by atoms with Gasteiger partial charge in [-0.05, 0) is 61.1 Å². The van der Waals surface area contributed by atoms with E-state index < -0.39 is 0 Å². The van der Waals surface area contributed by atoms with Gasteiger partial charge in [0.25, 0.3) is 0 Å². The van der Waals surface area contributed by atoms with E-state index in [9.17, 15) is 0 Å². The molecule has 0 amide bonds. The van der Waals surface area contributed by atoms with Crippen molar-refractivity contribution in [1.82, 2.24) is 0 Å².